The van der Waals surface area contributed by atoms with Gasteiger partial charge in [0.05, 0.1) is 26.0 Å². The number of nitro benzene ring substituents is 2. The summed E-state index contributed by atoms with van der Waals surface area (Å²) in [6.07, 6.45) is 1.23. The molecular formula is C16H8ClN3O6. The molecule has 9 nitrogen and oxygen atoms in total. The Morgan fingerprint density at radius 2 is 1.81 bits per heavy atom. The van der Waals surface area contributed by atoms with Crippen molar-refractivity contribution in [2.45, 2.75) is 0 Å². The number of nitrogens with zero attached hydrogens (tertiary/aromatic N) is 3. The molecule has 0 unspecified atom stereocenters. The summed E-state index contributed by atoms with van der Waals surface area (Å²) < 4.78 is 5.03. The largest absolute Gasteiger partial charge is 0.402 e. The molecule has 130 valence electrons. The first-order valence-electron chi connectivity index (χ1n) is 7.07. The molecule has 1 heterocycles. The van der Waals surface area contributed by atoms with Gasteiger partial charge in [0, 0.05) is 18.2 Å². The van der Waals surface area contributed by atoms with Gasteiger partial charge in [-0.05, 0) is 18.2 Å². The first-order chi connectivity index (χ1) is 12.4. The molecule has 3 rings (SSSR count). The van der Waals surface area contributed by atoms with E-state index < -0.39 is 15.8 Å². The summed E-state index contributed by atoms with van der Waals surface area (Å²) in [6, 6.07) is 9.45. The Bertz CT molecular complexity index is 1010. The molecule has 26 heavy (non-hydrogen) atoms. The number of nitro groups is 2. The smallest absolute Gasteiger partial charge is 0.363 e. The van der Waals surface area contributed by atoms with Gasteiger partial charge < -0.3 is 4.74 Å². The van der Waals surface area contributed by atoms with Crippen molar-refractivity contribution in [2.24, 2.45) is 4.99 Å². The fraction of sp³-hybridized carbons (Fsp3) is 0. The number of halogens is 1. The van der Waals surface area contributed by atoms with Crippen molar-refractivity contribution in [1.82, 2.24) is 0 Å². The lowest BCUT2D eigenvalue weighted by atomic mass is 10.1. The van der Waals surface area contributed by atoms with Crippen LogP contribution in [0.3, 0.4) is 0 Å². The highest BCUT2D eigenvalue weighted by atomic mass is 35.5. The normalized spacial score (nSPS) is 14.9. The van der Waals surface area contributed by atoms with Crippen LogP contribution in [0, 0.1) is 20.2 Å². The molecule has 2 aromatic carbocycles. The molecule has 0 atom stereocenters. The van der Waals surface area contributed by atoms with Crippen LogP contribution in [0.15, 0.2) is 53.2 Å². The van der Waals surface area contributed by atoms with Crippen molar-refractivity contribution < 1.29 is 19.4 Å². The van der Waals surface area contributed by atoms with E-state index in [1.165, 1.54) is 36.4 Å². The van der Waals surface area contributed by atoms with E-state index in [1.807, 2.05) is 0 Å². The molecule has 0 radical (unpaired) electrons. The Labute approximate surface area is 150 Å². The van der Waals surface area contributed by atoms with E-state index in [2.05, 4.69) is 4.99 Å². The number of hydrogen-bond acceptors (Lipinski definition) is 7. The molecule has 0 saturated heterocycles. The van der Waals surface area contributed by atoms with Crippen molar-refractivity contribution in [2.75, 3.05) is 0 Å². The minimum atomic E-state index is -0.812. The van der Waals surface area contributed by atoms with Crippen molar-refractivity contribution in [3.05, 3.63) is 84.5 Å². The third-order valence-corrected chi connectivity index (χ3v) is 3.75. The lowest BCUT2D eigenvalue weighted by molar-refractivity contribution is -0.385. The molecule has 0 amide bonds. The van der Waals surface area contributed by atoms with Gasteiger partial charge in [0.15, 0.2) is 5.70 Å². The zero-order chi connectivity index (χ0) is 18.8. The minimum absolute atomic E-state index is 0.0160. The summed E-state index contributed by atoms with van der Waals surface area (Å²) in [5.74, 6) is -0.952. The quantitative estimate of drug-likeness (QED) is 0.349. The second kappa shape index (κ2) is 6.73. The summed E-state index contributed by atoms with van der Waals surface area (Å²) in [7, 11) is 0. The van der Waals surface area contributed by atoms with Gasteiger partial charge >= 0.3 is 5.97 Å². The van der Waals surface area contributed by atoms with Crippen LogP contribution < -0.4 is 0 Å². The van der Waals surface area contributed by atoms with Gasteiger partial charge in [-0.1, -0.05) is 23.7 Å². The highest BCUT2D eigenvalue weighted by Crippen LogP contribution is 2.28. The van der Waals surface area contributed by atoms with E-state index in [9.17, 15) is 25.0 Å². The molecular weight excluding hydrogens is 366 g/mol. The van der Waals surface area contributed by atoms with Crippen LogP contribution in [0.4, 0.5) is 11.4 Å². The van der Waals surface area contributed by atoms with Gasteiger partial charge in [0.1, 0.15) is 0 Å². The fourth-order valence-corrected chi connectivity index (χ4v) is 2.49. The molecule has 1 aliphatic rings. The number of carbonyl (C=O) groups is 1. The molecule has 0 saturated carbocycles. The van der Waals surface area contributed by atoms with E-state index in [4.69, 9.17) is 16.3 Å². The summed E-state index contributed by atoms with van der Waals surface area (Å²) in [6.45, 7) is 0. The first-order valence-corrected chi connectivity index (χ1v) is 7.45. The van der Waals surface area contributed by atoms with Crippen LogP contribution in [-0.4, -0.2) is 21.7 Å². The van der Waals surface area contributed by atoms with E-state index in [-0.39, 0.29) is 39.1 Å². The molecule has 0 fully saturated rings. The van der Waals surface area contributed by atoms with Crippen LogP contribution in [-0.2, 0) is 9.53 Å². The number of non-ortho nitro benzene ring substituents is 1. The number of ether oxygens (including phenoxy) is 1. The van der Waals surface area contributed by atoms with Gasteiger partial charge in [-0.3, -0.25) is 20.2 Å². The maximum absolute atomic E-state index is 12.0. The number of esters is 1. The Kier molecular flexibility index (Phi) is 4.46. The number of aliphatic imine (C=N–C) groups is 1. The maximum atomic E-state index is 12.0. The van der Waals surface area contributed by atoms with E-state index in [0.717, 1.165) is 6.07 Å². The second-order valence-electron chi connectivity index (χ2n) is 5.07. The zero-order valence-electron chi connectivity index (χ0n) is 12.8. The molecule has 2 aromatic rings. The summed E-state index contributed by atoms with van der Waals surface area (Å²) in [5, 5.41) is 21.8. The van der Waals surface area contributed by atoms with Crippen molar-refractivity contribution in [1.29, 1.82) is 0 Å². The SMILES string of the molecule is O=C1OC(c2ccc([N+](=O)[O-])cc2Cl)=N/C1=C\c1ccccc1[N+](=O)[O-]. The highest BCUT2D eigenvalue weighted by Gasteiger charge is 2.27. The second-order valence-corrected chi connectivity index (χ2v) is 5.48. The predicted molar refractivity (Wildman–Crippen MR) is 91.8 cm³/mol. The number of rotatable bonds is 4. The van der Waals surface area contributed by atoms with Crippen LogP contribution in [0.1, 0.15) is 11.1 Å². The lowest BCUT2D eigenvalue weighted by Gasteiger charge is -2.02. The van der Waals surface area contributed by atoms with Crippen LogP contribution >= 0.6 is 11.6 Å². The van der Waals surface area contributed by atoms with Gasteiger partial charge in [-0.2, -0.15) is 0 Å². The average Bonchev–Trinajstić information content (AvgIpc) is 2.95. The standard InChI is InChI=1S/C16H8ClN3O6/c17-12-8-10(19(22)23)5-6-11(12)15-18-13(16(21)26-15)7-9-3-1-2-4-14(9)20(24)25/h1-8H/b13-7-. The predicted octanol–water partition coefficient (Wildman–Crippen LogP) is 3.50. The Hall–Kier alpha value is -3.59. The number of para-hydroxylation sites is 1. The molecule has 0 spiro atoms. The van der Waals surface area contributed by atoms with Crippen LogP contribution in [0.2, 0.25) is 5.02 Å². The van der Waals surface area contributed by atoms with E-state index in [1.54, 1.807) is 6.07 Å². The van der Waals surface area contributed by atoms with Crippen LogP contribution in [0.25, 0.3) is 6.08 Å². The van der Waals surface area contributed by atoms with Crippen molar-refractivity contribution >= 4 is 40.9 Å². The lowest BCUT2D eigenvalue weighted by Crippen LogP contribution is -2.06. The Morgan fingerprint density at radius 3 is 2.46 bits per heavy atom. The monoisotopic (exact) mass is 373 g/mol. The van der Waals surface area contributed by atoms with Crippen LogP contribution in [0.5, 0.6) is 0 Å². The summed E-state index contributed by atoms with van der Waals surface area (Å²) in [4.78, 5) is 36.6. The Balaban J connectivity index is 2.00. The topological polar surface area (TPSA) is 125 Å². The first kappa shape index (κ1) is 17.2. The third kappa shape index (κ3) is 3.28. The molecule has 0 aliphatic carbocycles. The van der Waals surface area contributed by atoms with Gasteiger partial charge in [0.2, 0.25) is 5.90 Å². The average molecular weight is 374 g/mol. The van der Waals surface area contributed by atoms with E-state index >= 15 is 0 Å². The summed E-state index contributed by atoms with van der Waals surface area (Å²) in [5.41, 5.74) is -0.186. The maximum Gasteiger partial charge on any atom is 0.363 e. The number of cyclic esters (lactones) is 1. The number of hydrogen-bond donors (Lipinski definition) is 0. The number of carbonyl (C=O) groups excluding carboxylic acids is 1. The minimum Gasteiger partial charge on any atom is -0.402 e. The molecule has 10 heteroatoms. The Morgan fingerprint density at radius 1 is 1.08 bits per heavy atom. The van der Waals surface area contributed by atoms with Gasteiger partial charge in [-0.25, -0.2) is 9.79 Å². The molecule has 0 bridgehead atoms. The highest BCUT2D eigenvalue weighted by molar-refractivity contribution is 6.34. The zero-order valence-corrected chi connectivity index (χ0v) is 13.5. The summed E-state index contributed by atoms with van der Waals surface area (Å²) >= 11 is 5.99. The van der Waals surface area contributed by atoms with Gasteiger partial charge in [-0.15, -0.1) is 0 Å². The van der Waals surface area contributed by atoms with Crippen molar-refractivity contribution in [3.63, 3.8) is 0 Å². The molecule has 1 aliphatic heterocycles. The third-order valence-electron chi connectivity index (χ3n) is 3.44. The molecule has 0 N–H and O–H groups in total. The van der Waals surface area contributed by atoms with Gasteiger partial charge in [0.25, 0.3) is 11.4 Å². The number of benzene rings is 2. The van der Waals surface area contributed by atoms with E-state index in [0.29, 0.717) is 0 Å². The van der Waals surface area contributed by atoms with Crippen molar-refractivity contribution in [3.8, 4) is 0 Å². The molecule has 0 aromatic heterocycles. The fourth-order valence-electron chi connectivity index (χ4n) is 2.24.